The Morgan fingerprint density at radius 2 is 2.12 bits per heavy atom. The first kappa shape index (κ1) is 11.1. The van der Waals surface area contributed by atoms with Crippen molar-refractivity contribution >= 4 is 5.82 Å². The molecule has 1 saturated heterocycles. The van der Waals surface area contributed by atoms with E-state index in [9.17, 15) is 9.90 Å². The summed E-state index contributed by atoms with van der Waals surface area (Å²) in [5.41, 5.74) is -0.702. The average molecular weight is 223 g/mol. The summed E-state index contributed by atoms with van der Waals surface area (Å²) in [6, 6.07) is 1.51. The predicted octanol–water partition coefficient (Wildman–Crippen LogP) is 0.430. The lowest BCUT2D eigenvalue weighted by atomic mass is 9.94. The molecule has 88 valence electrons. The molecule has 2 N–H and O–H groups in total. The minimum Gasteiger partial charge on any atom is -0.390 e. The Morgan fingerprint density at radius 3 is 2.69 bits per heavy atom. The third-order valence-electron chi connectivity index (χ3n) is 3.01. The molecule has 1 aromatic rings. The zero-order valence-electron chi connectivity index (χ0n) is 9.66. The maximum absolute atomic E-state index is 11.3. The van der Waals surface area contributed by atoms with E-state index in [1.165, 1.54) is 6.07 Å². The largest absolute Gasteiger partial charge is 0.390 e. The van der Waals surface area contributed by atoms with Crippen molar-refractivity contribution in [3.05, 3.63) is 22.2 Å². The van der Waals surface area contributed by atoms with Gasteiger partial charge in [0.1, 0.15) is 11.6 Å². The maximum atomic E-state index is 11.3. The maximum Gasteiger partial charge on any atom is 0.252 e. The van der Waals surface area contributed by atoms with Crippen LogP contribution in [-0.2, 0) is 0 Å². The molecule has 0 atom stereocenters. The summed E-state index contributed by atoms with van der Waals surface area (Å²) in [5.74, 6) is 1.33. The Morgan fingerprint density at radius 1 is 1.50 bits per heavy atom. The average Bonchev–Trinajstić information content (AvgIpc) is 2.15. The molecular formula is C11H17N3O2. The summed E-state index contributed by atoms with van der Waals surface area (Å²) in [6.07, 6.45) is 1.42. The Kier molecular flexibility index (Phi) is 2.71. The number of rotatable bonds is 1. The van der Waals surface area contributed by atoms with Gasteiger partial charge in [-0.05, 0) is 26.7 Å². The van der Waals surface area contributed by atoms with Crippen molar-refractivity contribution in [1.29, 1.82) is 0 Å². The van der Waals surface area contributed by atoms with Crippen molar-refractivity contribution in [2.24, 2.45) is 0 Å². The highest BCUT2D eigenvalue weighted by atomic mass is 16.3. The van der Waals surface area contributed by atoms with E-state index in [0.29, 0.717) is 24.5 Å². The summed E-state index contributed by atoms with van der Waals surface area (Å²) >= 11 is 0. The topological polar surface area (TPSA) is 69.2 Å². The molecule has 0 spiro atoms. The molecule has 5 heteroatoms. The summed E-state index contributed by atoms with van der Waals surface area (Å²) in [6.45, 7) is 5.09. The second-order valence-corrected chi connectivity index (χ2v) is 4.67. The number of aliphatic hydroxyl groups is 1. The second kappa shape index (κ2) is 3.90. The fourth-order valence-corrected chi connectivity index (χ4v) is 1.94. The van der Waals surface area contributed by atoms with Gasteiger partial charge in [0.25, 0.3) is 5.56 Å². The molecule has 0 bridgehead atoms. The molecule has 0 saturated carbocycles. The lowest BCUT2D eigenvalue weighted by Gasteiger charge is -2.36. The van der Waals surface area contributed by atoms with Gasteiger partial charge in [-0.15, -0.1) is 0 Å². The lowest BCUT2D eigenvalue weighted by Crippen LogP contribution is -2.43. The molecule has 2 heterocycles. The van der Waals surface area contributed by atoms with Crippen LogP contribution in [0.4, 0.5) is 5.82 Å². The predicted molar refractivity (Wildman–Crippen MR) is 61.7 cm³/mol. The van der Waals surface area contributed by atoms with E-state index in [0.717, 1.165) is 13.1 Å². The summed E-state index contributed by atoms with van der Waals surface area (Å²) < 4.78 is 0. The standard InChI is InChI=1S/C11H17N3O2/c1-8-12-9(7-10(15)13-8)14-5-3-11(2,16)4-6-14/h7,16H,3-6H2,1-2H3,(H,12,13,15). The van der Waals surface area contributed by atoms with Crippen LogP contribution in [0.15, 0.2) is 10.9 Å². The van der Waals surface area contributed by atoms with Gasteiger partial charge < -0.3 is 15.0 Å². The number of hydrogen-bond donors (Lipinski definition) is 2. The number of nitrogens with zero attached hydrogens (tertiary/aromatic N) is 2. The SMILES string of the molecule is Cc1nc(N2CCC(C)(O)CC2)cc(=O)[nH]1. The van der Waals surface area contributed by atoms with Crippen LogP contribution in [0.2, 0.25) is 0 Å². The molecule has 0 aromatic carbocycles. The first-order valence-corrected chi connectivity index (χ1v) is 5.52. The van der Waals surface area contributed by atoms with Crippen LogP contribution < -0.4 is 10.5 Å². The van der Waals surface area contributed by atoms with Gasteiger partial charge in [0, 0.05) is 19.2 Å². The highest BCUT2D eigenvalue weighted by Crippen LogP contribution is 2.23. The number of hydrogen-bond acceptors (Lipinski definition) is 4. The number of anilines is 1. The molecule has 0 aliphatic carbocycles. The summed E-state index contributed by atoms with van der Waals surface area (Å²) in [5, 5.41) is 9.83. The van der Waals surface area contributed by atoms with Gasteiger partial charge in [-0.3, -0.25) is 4.79 Å². The molecule has 16 heavy (non-hydrogen) atoms. The number of nitrogens with one attached hydrogen (secondary N) is 1. The van der Waals surface area contributed by atoms with E-state index in [-0.39, 0.29) is 5.56 Å². The van der Waals surface area contributed by atoms with Gasteiger partial charge in [-0.25, -0.2) is 4.98 Å². The summed E-state index contributed by atoms with van der Waals surface area (Å²) in [4.78, 5) is 20.3. The van der Waals surface area contributed by atoms with Crippen LogP contribution in [0.5, 0.6) is 0 Å². The van der Waals surface area contributed by atoms with E-state index in [1.807, 2.05) is 11.8 Å². The van der Waals surface area contributed by atoms with E-state index in [1.54, 1.807) is 6.92 Å². The van der Waals surface area contributed by atoms with E-state index in [4.69, 9.17) is 0 Å². The number of aromatic nitrogens is 2. The molecule has 1 aromatic heterocycles. The minimum atomic E-state index is -0.577. The van der Waals surface area contributed by atoms with Gasteiger partial charge in [0.2, 0.25) is 0 Å². The number of H-pyrrole nitrogens is 1. The molecule has 5 nitrogen and oxygen atoms in total. The Hall–Kier alpha value is -1.36. The second-order valence-electron chi connectivity index (χ2n) is 4.67. The molecule has 1 aliphatic heterocycles. The molecule has 0 amide bonds. The van der Waals surface area contributed by atoms with Crippen LogP contribution in [0.3, 0.4) is 0 Å². The minimum absolute atomic E-state index is 0.125. The van der Waals surface area contributed by atoms with Crippen LogP contribution in [0.1, 0.15) is 25.6 Å². The Bertz CT molecular complexity index is 429. The molecule has 0 radical (unpaired) electrons. The first-order valence-electron chi connectivity index (χ1n) is 5.52. The molecule has 0 unspecified atom stereocenters. The molecular weight excluding hydrogens is 206 g/mol. The number of aromatic amines is 1. The quantitative estimate of drug-likeness (QED) is 0.724. The number of piperidine rings is 1. The smallest absolute Gasteiger partial charge is 0.252 e. The van der Waals surface area contributed by atoms with Crippen molar-refractivity contribution < 1.29 is 5.11 Å². The fraction of sp³-hybridized carbons (Fsp3) is 0.636. The van der Waals surface area contributed by atoms with Gasteiger partial charge in [-0.1, -0.05) is 0 Å². The first-order chi connectivity index (χ1) is 7.46. The van der Waals surface area contributed by atoms with E-state index in [2.05, 4.69) is 9.97 Å². The van der Waals surface area contributed by atoms with Crippen LogP contribution in [0.25, 0.3) is 0 Å². The zero-order chi connectivity index (χ0) is 11.8. The normalized spacial score (nSPS) is 19.8. The van der Waals surface area contributed by atoms with Gasteiger partial charge in [0.05, 0.1) is 5.60 Å². The van der Waals surface area contributed by atoms with Crippen molar-refractivity contribution in [2.75, 3.05) is 18.0 Å². The van der Waals surface area contributed by atoms with E-state index >= 15 is 0 Å². The van der Waals surface area contributed by atoms with Gasteiger partial charge in [-0.2, -0.15) is 0 Å². The fourth-order valence-electron chi connectivity index (χ4n) is 1.94. The van der Waals surface area contributed by atoms with Crippen LogP contribution in [0, 0.1) is 6.92 Å². The molecule has 1 fully saturated rings. The van der Waals surface area contributed by atoms with Crippen LogP contribution in [-0.4, -0.2) is 33.8 Å². The third-order valence-corrected chi connectivity index (χ3v) is 3.01. The van der Waals surface area contributed by atoms with Crippen molar-refractivity contribution in [1.82, 2.24) is 9.97 Å². The lowest BCUT2D eigenvalue weighted by molar-refractivity contribution is 0.0350. The monoisotopic (exact) mass is 223 g/mol. The molecule has 1 aliphatic rings. The van der Waals surface area contributed by atoms with E-state index < -0.39 is 5.60 Å². The molecule has 2 rings (SSSR count). The highest BCUT2D eigenvalue weighted by Gasteiger charge is 2.27. The number of aryl methyl sites for hydroxylation is 1. The van der Waals surface area contributed by atoms with Crippen molar-refractivity contribution in [2.45, 2.75) is 32.3 Å². The highest BCUT2D eigenvalue weighted by molar-refractivity contribution is 5.38. The van der Waals surface area contributed by atoms with Crippen molar-refractivity contribution in [3.8, 4) is 0 Å². The van der Waals surface area contributed by atoms with Gasteiger partial charge in [0.15, 0.2) is 0 Å². The van der Waals surface area contributed by atoms with Gasteiger partial charge >= 0.3 is 0 Å². The Balaban J connectivity index is 2.17. The van der Waals surface area contributed by atoms with Crippen molar-refractivity contribution in [3.63, 3.8) is 0 Å². The summed E-state index contributed by atoms with van der Waals surface area (Å²) in [7, 11) is 0. The third kappa shape index (κ3) is 2.41. The van der Waals surface area contributed by atoms with Crippen LogP contribution >= 0.6 is 0 Å². The zero-order valence-corrected chi connectivity index (χ0v) is 9.66. The Labute approximate surface area is 94.1 Å².